The summed E-state index contributed by atoms with van der Waals surface area (Å²) in [5.41, 5.74) is 0.991. The van der Waals surface area contributed by atoms with Crippen molar-refractivity contribution in [3.63, 3.8) is 0 Å². The quantitative estimate of drug-likeness (QED) is 0.769. The van der Waals surface area contributed by atoms with Crippen LogP contribution >= 0.6 is 11.6 Å². The minimum Gasteiger partial charge on any atom is -0.484 e. The van der Waals surface area contributed by atoms with Crippen LogP contribution in [0.3, 0.4) is 0 Å². The van der Waals surface area contributed by atoms with Gasteiger partial charge in [-0.05, 0) is 49.0 Å². The second-order valence-corrected chi connectivity index (χ2v) is 7.39. The Morgan fingerprint density at radius 1 is 1.11 bits per heavy atom. The fourth-order valence-corrected chi connectivity index (χ4v) is 3.34. The number of hydrogen-bond donors (Lipinski definition) is 1. The van der Waals surface area contributed by atoms with Crippen LogP contribution in [-0.4, -0.2) is 62.1 Å². The molecule has 28 heavy (non-hydrogen) atoms. The molecule has 7 heteroatoms. The summed E-state index contributed by atoms with van der Waals surface area (Å²) in [7, 11) is 2.10. The lowest BCUT2D eigenvalue weighted by Crippen LogP contribution is -2.48. The van der Waals surface area contributed by atoms with Gasteiger partial charge in [0, 0.05) is 37.7 Å². The Kier molecular flexibility index (Phi) is 7.25. The highest BCUT2D eigenvalue weighted by atomic mass is 35.5. The first-order chi connectivity index (χ1) is 13.5. The van der Waals surface area contributed by atoms with Crippen LogP contribution in [0.5, 0.6) is 5.75 Å². The van der Waals surface area contributed by atoms with E-state index in [1.807, 2.05) is 0 Å². The lowest BCUT2D eigenvalue weighted by atomic mass is 10.0. The van der Waals surface area contributed by atoms with E-state index in [1.54, 1.807) is 36.4 Å². The first-order valence-corrected chi connectivity index (χ1v) is 9.72. The van der Waals surface area contributed by atoms with Crippen LogP contribution < -0.4 is 10.1 Å². The van der Waals surface area contributed by atoms with Crippen molar-refractivity contribution in [1.82, 2.24) is 15.1 Å². The molecule has 5 nitrogen and oxygen atoms in total. The molecule has 1 aliphatic rings. The summed E-state index contributed by atoms with van der Waals surface area (Å²) in [5, 5.41) is 3.56. The van der Waals surface area contributed by atoms with Crippen molar-refractivity contribution >= 4 is 17.5 Å². The van der Waals surface area contributed by atoms with E-state index in [0.29, 0.717) is 17.3 Å². The number of nitrogens with zero attached hydrogens (tertiary/aromatic N) is 2. The molecule has 1 amide bonds. The summed E-state index contributed by atoms with van der Waals surface area (Å²) in [5.74, 6) is 0.131. The Hall–Kier alpha value is -2.15. The molecule has 1 aliphatic heterocycles. The van der Waals surface area contributed by atoms with Crippen molar-refractivity contribution in [2.45, 2.75) is 6.04 Å². The third-order valence-electron chi connectivity index (χ3n) is 4.91. The standard InChI is InChI=1S/C21H25ClFN3O2/c1-25-10-12-26(13-11-25)20(16-2-6-18(23)7-3-16)14-24-21(27)15-28-19-8-4-17(22)5-9-19/h2-9,20H,10-15H2,1H3,(H,24,27). The average Bonchev–Trinajstić information content (AvgIpc) is 2.70. The summed E-state index contributed by atoms with van der Waals surface area (Å²) in [4.78, 5) is 16.9. The van der Waals surface area contributed by atoms with Crippen molar-refractivity contribution in [2.24, 2.45) is 0 Å². The Bertz CT molecular complexity index is 762. The molecule has 2 aromatic carbocycles. The molecule has 0 radical (unpaired) electrons. The van der Waals surface area contributed by atoms with E-state index in [0.717, 1.165) is 31.7 Å². The van der Waals surface area contributed by atoms with E-state index in [4.69, 9.17) is 16.3 Å². The highest BCUT2D eigenvalue weighted by Gasteiger charge is 2.24. The third-order valence-corrected chi connectivity index (χ3v) is 5.16. The zero-order chi connectivity index (χ0) is 19.9. The van der Waals surface area contributed by atoms with Crippen LogP contribution in [0.4, 0.5) is 4.39 Å². The molecule has 0 aromatic heterocycles. The van der Waals surface area contributed by atoms with Gasteiger partial charge in [-0.3, -0.25) is 9.69 Å². The maximum atomic E-state index is 13.3. The smallest absolute Gasteiger partial charge is 0.258 e. The minimum absolute atomic E-state index is 0.00576. The summed E-state index contributed by atoms with van der Waals surface area (Å²) in [6.45, 7) is 4.10. The number of halogens is 2. The number of amides is 1. The second-order valence-electron chi connectivity index (χ2n) is 6.95. The van der Waals surface area contributed by atoms with Gasteiger partial charge in [0.25, 0.3) is 5.91 Å². The molecule has 1 N–H and O–H groups in total. The fraction of sp³-hybridized carbons (Fsp3) is 0.381. The largest absolute Gasteiger partial charge is 0.484 e. The van der Waals surface area contributed by atoms with Crippen molar-refractivity contribution in [2.75, 3.05) is 46.4 Å². The fourth-order valence-electron chi connectivity index (χ4n) is 3.22. The molecule has 0 bridgehead atoms. The van der Waals surface area contributed by atoms with Crippen LogP contribution in [0.25, 0.3) is 0 Å². The molecule has 0 saturated carbocycles. The van der Waals surface area contributed by atoms with E-state index in [-0.39, 0.29) is 24.4 Å². The lowest BCUT2D eigenvalue weighted by Gasteiger charge is -2.38. The van der Waals surface area contributed by atoms with E-state index in [2.05, 4.69) is 22.2 Å². The highest BCUT2D eigenvalue weighted by molar-refractivity contribution is 6.30. The van der Waals surface area contributed by atoms with Gasteiger partial charge in [0.15, 0.2) is 6.61 Å². The second kappa shape index (κ2) is 9.87. The van der Waals surface area contributed by atoms with E-state index in [9.17, 15) is 9.18 Å². The van der Waals surface area contributed by atoms with Crippen molar-refractivity contribution in [1.29, 1.82) is 0 Å². The van der Waals surface area contributed by atoms with E-state index >= 15 is 0 Å². The van der Waals surface area contributed by atoms with E-state index < -0.39 is 0 Å². The van der Waals surface area contributed by atoms with Crippen LogP contribution in [0.15, 0.2) is 48.5 Å². The summed E-state index contributed by atoms with van der Waals surface area (Å²) in [6, 6.07) is 13.4. The summed E-state index contributed by atoms with van der Waals surface area (Å²) < 4.78 is 18.8. The molecule has 1 heterocycles. The van der Waals surface area contributed by atoms with Crippen molar-refractivity contribution < 1.29 is 13.9 Å². The van der Waals surface area contributed by atoms with Gasteiger partial charge in [-0.15, -0.1) is 0 Å². The lowest BCUT2D eigenvalue weighted by molar-refractivity contribution is -0.123. The molecule has 2 aromatic rings. The Morgan fingerprint density at radius 2 is 1.75 bits per heavy atom. The van der Waals surface area contributed by atoms with Gasteiger partial charge in [0.1, 0.15) is 11.6 Å². The number of ether oxygens (including phenoxy) is 1. The number of carbonyl (C=O) groups excluding carboxylic acids is 1. The van der Waals surface area contributed by atoms with Gasteiger partial charge in [-0.1, -0.05) is 23.7 Å². The predicted octanol–water partition coefficient (Wildman–Crippen LogP) is 2.96. The Balaban J connectivity index is 1.58. The Morgan fingerprint density at radius 3 is 2.39 bits per heavy atom. The summed E-state index contributed by atoms with van der Waals surface area (Å²) >= 11 is 5.84. The number of likely N-dealkylation sites (N-methyl/N-ethyl adjacent to an activating group) is 1. The SMILES string of the molecule is CN1CCN(C(CNC(=O)COc2ccc(Cl)cc2)c2ccc(F)cc2)CC1. The van der Waals surface area contributed by atoms with Gasteiger partial charge in [-0.25, -0.2) is 4.39 Å². The topological polar surface area (TPSA) is 44.8 Å². The van der Waals surface area contributed by atoms with Gasteiger partial charge < -0.3 is 15.0 Å². The molecule has 150 valence electrons. The molecule has 1 unspecified atom stereocenters. The number of hydrogen-bond acceptors (Lipinski definition) is 4. The number of piperazine rings is 1. The maximum absolute atomic E-state index is 13.3. The molecule has 1 saturated heterocycles. The molecule has 1 atom stereocenters. The molecule has 0 spiro atoms. The van der Waals surface area contributed by atoms with Gasteiger partial charge in [0.05, 0.1) is 6.04 Å². The molecular weight excluding hydrogens is 381 g/mol. The molecule has 0 aliphatic carbocycles. The number of rotatable bonds is 7. The number of carbonyl (C=O) groups is 1. The number of benzene rings is 2. The molecule has 3 rings (SSSR count). The van der Waals surface area contributed by atoms with Crippen molar-refractivity contribution in [3.8, 4) is 5.75 Å². The van der Waals surface area contributed by atoms with Crippen LogP contribution in [0, 0.1) is 5.82 Å². The molecular formula is C21H25ClFN3O2. The predicted molar refractivity (Wildman–Crippen MR) is 108 cm³/mol. The van der Waals surface area contributed by atoms with E-state index in [1.165, 1.54) is 12.1 Å². The Labute approximate surface area is 170 Å². The van der Waals surface area contributed by atoms with Crippen LogP contribution in [0.2, 0.25) is 5.02 Å². The highest BCUT2D eigenvalue weighted by Crippen LogP contribution is 2.22. The normalized spacial score (nSPS) is 16.5. The van der Waals surface area contributed by atoms with Gasteiger partial charge in [-0.2, -0.15) is 0 Å². The zero-order valence-electron chi connectivity index (χ0n) is 15.9. The minimum atomic E-state index is -0.263. The first kappa shape index (κ1) is 20.6. The first-order valence-electron chi connectivity index (χ1n) is 9.34. The van der Waals surface area contributed by atoms with Crippen LogP contribution in [0.1, 0.15) is 11.6 Å². The zero-order valence-corrected chi connectivity index (χ0v) is 16.7. The van der Waals surface area contributed by atoms with Gasteiger partial charge in [0.2, 0.25) is 0 Å². The maximum Gasteiger partial charge on any atom is 0.258 e. The average molecular weight is 406 g/mol. The number of nitrogens with one attached hydrogen (secondary N) is 1. The molecule has 1 fully saturated rings. The summed E-state index contributed by atoms with van der Waals surface area (Å²) in [6.07, 6.45) is 0. The monoisotopic (exact) mass is 405 g/mol. The van der Waals surface area contributed by atoms with Gasteiger partial charge >= 0.3 is 0 Å². The third kappa shape index (κ3) is 5.92. The van der Waals surface area contributed by atoms with Crippen LogP contribution in [-0.2, 0) is 4.79 Å². The van der Waals surface area contributed by atoms with Crippen molar-refractivity contribution in [3.05, 3.63) is 64.9 Å².